The Kier molecular flexibility index (Phi) is 6.95. The molecule has 0 spiro atoms. The number of fused-ring (bicyclic) bond motifs is 2. The molecule has 0 unspecified atom stereocenters. The van der Waals surface area contributed by atoms with Crippen LogP contribution in [0.2, 0.25) is 0 Å². The van der Waals surface area contributed by atoms with Crippen LogP contribution in [0, 0.1) is 0 Å². The maximum absolute atomic E-state index is 12.9. The Bertz CT molecular complexity index is 1620. The first-order valence-electron chi connectivity index (χ1n) is 10.7. The van der Waals surface area contributed by atoms with E-state index in [1.165, 1.54) is 12.1 Å². The van der Waals surface area contributed by atoms with Crippen molar-refractivity contribution >= 4 is 39.6 Å². The minimum atomic E-state index is -1.60. The summed E-state index contributed by atoms with van der Waals surface area (Å²) in [5, 5.41) is 33.3. The molecule has 4 aromatic carbocycles. The number of allylic oxidation sites excluding steroid dienone is 2. The second kappa shape index (κ2) is 9.95. The predicted molar refractivity (Wildman–Crippen MR) is 129 cm³/mol. The summed E-state index contributed by atoms with van der Waals surface area (Å²) < 4.78 is 0. The van der Waals surface area contributed by atoms with E-state index in [0.29, 0.717) is 38.6 Å². The van der Waals surface area contributed by atoms with E-state index in [0.717, 1.165) is 0 Å². The summed E-state index contributed by atoms with van der Waals surface area (Å²) in [5.74, 6) is -3.92. The molecule has 4 aromatic rings. The van der Waals surface area contributed by atoms with Gasteiger partial charge in [0.05, 0.1) is 5.97 Å². The third-order valence-electron chi connectivity index (χ3n) is 6.06. The second-order valence-electron chi connectivity index (χ2n) is 8.05. The number of carbonyl (C=O) groups is 3. The molecule has 1 aliphatic carbocycles. The van der Waals surface area contributed by atoms with Crippen molar-refractivity contribution in [3.8, 4) is 5.75 Å². The number of rotatable bonds is 4. The summed E-state index contributed by atoms with van der Waals surface area (Å²) >= 11 is 0. The molecule has 0 bridgehead atoms. The standard InChI is InChI=1S/C29H18O6.Na/c30-26-19-12-6-4-10-17(19)21(14-23(26)28(32)33)25(16-8-2-1-3-9-16)22-15-24(29(34)35)27(31)20-13-7-5-11-18(20)22;/h1-15,30H,(H,32,33)(H,34,35);/q;+1/p-1. The van der Waals surface area contributed by atoms with E-state index >= 15 is 0 Å². The fourth-order valence-electron chi connectivity index (χ4n) is 4.50. The molecular weight excluding hydrogens is 467 g/mol. The number of aromatic hydroxyl groups is 1. The molecule has 0 aromatic heterocycles. The van der Waals surface area contributed by atoms with Gasteiger partial charge in [0.15, 0.2) is 5.78 Å². The van der Waals surface area contributed by atoms with Crippen molar-refractivity contribution in [3.63, 3.8) is 0 Å². The van der Waals surface area contributed by atoms with E-state index in [9.17, 15) is 29.7 Å². The summed E-state index contributed by atoms with van der Waals surface area (Å²) in [6.07, 6.45) is 1.28. The smallest absolute Gasteiger partial charge is 0.545 e. The van der Waals surface area contributed by atoms with Crippen molar-refractivity contribution in [1.29, 1.82) is 0 Å². The van der Waals surface area contributed by atoms with Crippen LogP contribution in [0.5, 0.6) is 5.75 Å². The van der Waals surface area contributed by atoms with E-state index in [-0.39, 0.29) is 46.4 Å². The number of ketones is 1. The monoisotopic (exact) mass is 484 g/mol. The second-order valence-corrected chi connectivity index (χ2v) is 8.05. The van der Waals surface area contributed by atoms with Crippen LogP contribution >= 0.6 is 0 Å². The normalized spacial score (nSPS) is 13.9. The number of Topliss-reactive ketones (excluding diaryl/α,β-unsaturated/α-hetero) is 1. The molecule has 0 atom stereocenters. The van der Waals surface area contributed by atoms with Crippen LogP contribution in [-0.4, -0.2) is 27.9 Å². The molecule has 36 heavy (non-hydrogen) atoms. The topological polar surface area (TPSA) is 115 Å². The van der Waals surface area contributed by atoms with Gasteiger partial charge in [-0.1, -0.05) is 78.9 Å². The van der Waals surface area contributed by atoms with Crippen molar-refractivity contribution in [2.45, 2.75) is 0 Å². The van der Waals surface area contributed by atoms with Crippen LogP contribution in [0.3, 0.4) is 0 Å². The van der Waals surface area contributed by atoms with Crippen LogP contribution in [0.25, 0.3) is 21.9 Å². The number of hydrogen-bond acceptors (Lipinski definition) is 5. The minimum Gasteiger partial charge on any atom is -0.545 e. The molecule has 0 saturated carbocycles. The maximum atomic E-state index is 12.9. The fraction of sp³-hybridized carbons (Fsp3) is 0. The van der Waals surface area contributed by atoms with Gasteiger partial charge in [0.2, 0.25) is 0 Å². The van der Waals surface area contributed by atoms with Crippen molar-refractivity contribution < 1.29 is 59.3 Å². The van der Waals surface area contributed by atoms with E-state index < -0.39 is 23.3 Å². The zero-order valence-electron chi connectivity index (χ0n) is 19.2. The van der Waals surface area contributed by atoms with Crippen LogP contribution in [0.15, 0.2) is 96.6 Å². The van der Waals surface area contributed by atoms with Gasteiger partial charge in [-0.15, -0.1) is 0 Å². The first-order valence-corrected chi connectivity index (χ1v) is 10.7. The van der Waals surface area contributed by atoms with Crippen LogP contribution in [0.1, 0.15) is 37.4 Å². The Morgan fingerprint density at radius 3 is 1.97 bits per heavy atom. The molecule has 0 amide bonds. The largest absolute Gasteiger partial charge is 1.00 e. The third kappa shape index (κ3) is 4.16. The van der Waals surface area contributed by atoms with Gasteiger partial charge in [-0.3, -0.25) is 4.79 Å². The Morgan fingerprint density at radius 1 is 0.750 bits per heavy atom. The molecule has 0 heterocycles. The SMILES string of the molecule is O=C([O-])C1=CC(=C(c2ccccc2)c2cc(C(=O)O)c(O)c3ccccc23)c2ccccc2C1=O.[Na+]. The molecule has 7 heteroatoms. The molecule has 1 aliphatic rings. The quantitative estimate of drug-likeness (QED) is 0.331. The zero-order chi connectivity index (χ0) is 24.7. The minimum absolute atomic E-state index is 0. The van der Waals surface area contributed by atoms with Crippen molar-refractivity contribution in [2.24, 2.45) is 0 Å². The molecule has 5 rings (SSSR count). The number of hydrogen-bond donors (Lipinski definition) is 2. The van der Waals surface area contributed by atoms with Crippen LogP contribution < -0.4 is 34.7 Å². The van der Waals surface area contributed by atoms with Crippen molar-refractivity contribution in [1.82, 2.24) is 0 Å². The number of carboxylic acids is 2. The first-order chi connectivity index (χ1) is 16.9. The van der Waals surface area contributed by atoms with Gasteiger partial charge in [-0.2, -0.15) is 0 Å². The molecule has 0 aliphatic heterocycles. The van der Waals surface area contributed by atoms with Gasteiger partial charge in [0, 0.05) is 16.5 Å². The Hall–Kier alpha value is -3.97. The number of benzene rings is 4. The summed E-state index contributed by atoms with van der Waals surface area (Å²) in [6, 6.07) is 23.9. The van der Waals surface area contributed by atoms with Gasteiger partial charge in [0.1, 0.15) is 11.3 Å². The molecule has 170 valence electrons. The van der Waals surface area contributed by atoms with Crippen LogP contribution in [-0.2, 0) is 4.79 Å². The number of carbonyl (C=O) groups excluding carboxylic acids is 2. The Balaban J connectivity index is 0.00000304. The number of phenols is 1. The molecular formula is C29H17NaO6. The Morgan fingerprint density at radius 2 is 1.33 bits per heavy atom. The molecule has 0 saturated heterocycles. The van der Waals surface area contributed by atoms with Crippen molar-refractivity contribution in [2.75, 3.05) is 0 Å². The summed E-state index contributed by atoms with van der Waals surface area (Å²) in [7, 11) is 0. The fourth-order valence-corrected chi connectivity index (χ4v) is 4.50. The molecule has 2 N–H and O–H groups in total. The van der Waals surface area contributed by atoms with Gasteiger partial charge in [-0.05, 0) is 45.4 Å². The van der Waals surface area contributed by atoms with Gasteiger partial charge >= 0.3 is 35.5 Å². The van der Waals surface area contributed by atoms with E-state index in [1.807, 2.05) is 18.2 Å². The molecule has 6 nitrogen and oxygen atoms in total. The van der Waals surface area contributed by atoms with Gasteiger partial charge in [-0.25, -0.2) is 4.79 Å². The average molecular weight is 484 g/mol. The van der Waals surface area contributed by atoms with E-state index in [2.05, 4.69) is 0 Å². The maximum Gasteiger partial charge on any atom is 1.00 e. The van der Waals surface area contributed by atoms with E-state index in [4.69, 9.17) is 0 Å². The third-order valence-corrected chi connectivity index (χ3v) is 6.06. The summed E-state index contributed by atoms with van der Waals surface area (Å²) in [6.45, 7) is 0. The zero-order valence-corrected chi connectivity index (χ0v) is 21.2. The van der Waals surface area contributed by atoms with Gasteiger partial charge < -0.3 is 20.1 Å². The van der Waals surface area contributed by atoms with Crippen molar-refractivity contribution in [3.05, 3.63) is 124 Å². The molecule has 0 radical (unpaired) electrons. The number of carboxylic acid groups (broad SMARTS) is 2. The summed E-state index contributed by atoms with van der Waals surface area (Å²) in [4.78, 5) is 36.8. The summed E-state index contributed by atoms with van der Waals surface area (Å²) in [5.41, 5.74) is 2.02. The number of aliphatic carboxylic acids is 1. The number of aromatic carboxylic acids is 1. The Labute approximate surface area is 228 Å². The predicted octanol–water partition coefficient (Wildman–Crippen LogP) is 1.08. The molecule has 0 fully saturated rings. The first kappa shape index (κ1) is 25.1. The van der Waals surface area contributed by atoms with Crippen LogP contribution in [0.4, 0.5) is 0 Å². The average Bonchev–Trinajstić information content (AvgIpc) is 2.87. The van der Waals surface area contributed by atoms with E-state index in [1.54, 1.807) is 60.7 Å². The van der Waals surface area contributed by atoms with Gasteiger partial charge in [0.25, 0.3) is 0 Å².